The van der Waals surface area contributed by atoms with E-state index >= 15 is 0 Å². The van der Waals surface area contributed by atoms with E-state index in [1.54, 1.807) is 0 Å². The summed E-state index contributed by atoms with van der Waals surface area (Å²) in [6.07, 6.45) is 3.30. The Balaban J connectivity index is 1.67. The molecular formula is C27H27N3O6. The van der Waals surface area contributed by atoms with Crippen LogP contribution in [0.25, 0.3) is 11.3 Å². The van der Waals surface area contributed by atoms with Crippen molar-refractivity contribution in [1.82, 2.24) is 9.78 Å². The Labute approximate surface area is 208 Å². The van der Waals surface area contributed by atoms with E-state index in [9.17, 15) is 19.2 Å². The fourth-order valence-electron chi connectivity index (χ4n) is 4.34. The van der Waals surface area contributed by atoms with Crippen molar-refractivity contribution >= 4 is 23.5 Å². The first kappa shape index (κ1) is 24.8. The highest BCUT2D eigenvalue weighted by Gasteiger charge is 2.22. The number of aryl methyl sites for hydroxylation is 1. The third-order valence-electron chi connectivity index (χ3n) is 6.14. The summed E-state index contributed by atoms with van der Waals surface area (Å²) in [6.45, 7) is 1.67. The molecule has 186 valence electrons. The summed E-state index contributed by atoms with van der Waals surface area (Å²) in [4.78, 5) is 50.2. The van der Waals surface area contributed by atoms with E-state index in [1.165, 1.54) is 37.1 Å². The SMILES string of the molecule is COC(=O)c1cc(NC(=O)Cn2nc(-c3ccc(C)cc3)c3c(c2=O)CCCC3)cc(C(=O)OC)c1. The van der Waals surface area contributed by atoms with E-state index in [1.807, 2.05) is 31.2 Å². The maximum absolute atomic E-state index is 13.2. The molecule has 1 amide bonds. The van der Waals surface area contributed by atoms with Gasteiger partial charge in [0.1, 0.15) is 6.54 Å². The molecular weight excluding hydrogens is 462 g/mol. The van der Waals surface area contributed by atoms with Gasteiger partial charge >= 0.3 is 11.9 Å². The second-order valence-electron chi connectivity index (χ2n) is 8.67. The zero-order chi connectivity index (χ0) is 25.8. The molecule has 1 aromatic heterocycles. The summed E-state index contributed by atoms with van der Waals surface area (Å²) in [5.74, 6) is -1.88. The second kappa shape index (κ2) is 10.6. The molecule has 2 aromatic carbocycles. The molecule has 9 heteroatoms. The van der Waals surface area contributed by atoms with E-state index in [2.05, 4.69) is 10.4 Å². The molecule has 0 aliphatic heterocycles. The second-order valence-corrected chi connectivity index (χ2v) is 8.67. The van der Waals surface area contributed by atoms with Gasteiger partial charge in [0.05, 0.1) is 31.0 Å². The Morgan fingerprint density at radius 2 is 1.50 bits per heavy atom. The van der Waals surface area contributed by atoms with E-state index in [0.29, 0.717) is 17.7 Å². The van der Waals surface area contributed by atoms with Gasteiger partial charge in [0.15, 0.2) is 0 Å². The number of esters is 2. The predicted molar refractivity (Wildman–Crippen MR) is 133 cm³/mol. The minimum absolute atomic E-state index is 0.0708. The number of carbonyl (C=O) groups excluding carboxylic acids is 3. The number of nitrogens with one attached hydrogen (secondary N) is 1. The normalized spacial score (nSPS) is 12.4. The molecule has 3 aromatic rings. The van der Waals surface area contributed by atoms with Crippen LogP contribution in [0.3, 0.4) is 0 Å². The van der Waals surface area contributed by atoms with Gasteiger partial charge in [-0.2, -0.15) is 5.10 Å². The molecule has 4 rings (SSSR count). The number of methoxy groups -OCH3 is 2. The van der Waals surface area contributed by atoms with Gasteiger partial charge in [-0.05, 0) is 56.4 Å². The van der Waals surface area contributed by atoms with Crippen LogP contribution in [-0.4, -0.2) is 41.8 Å². The summed E-state index contributed by atoms with van der Waals surface area (Å²) in [7, 11) is 2.43. The number of nitrogens with zero attached hydrogens (tertiary/aromatic N) is 2. The average Bonchev–Trinajstić information content (AvgIpc) is 2.89. The fourth-order valence-corrected chi connectivity index (χ4v) is 4.34. The number of rotatable bonds is 6. The Morgan fingerprint density at radius 1 is 0.917 bits per heavy atom. The quantitative estimate of drug-likeness (QED) is 0.528. The van der Waals surface area contributed by atoms with Crippen LogP contribution in [0.1, 0.15) is 50.2 Å². The van der Waals surface area contributed by atoms with E-state index < -0.39 is 17.8 Å². The molecule has 0 saturated heterocycles. The molecule has 9 nitrogen and oxygen atoms in total. The van der Waals surface area contributed by atoms with Crippen LogP contribution in [0, 0.1) is 6.92 Å². The Morgan fingerprint density at radius 3 is 2.08 bits per heavy atom. The molecule has 0 fully saturated rings. The lowest BCUT2D eigenvalue weighted by atomic mass is 9.89. The number of hydrogen-bond acceptors (Lipinski definition) is 7. The number of hydrogen-bond donors (Lipinski definition) is 1. The van der Waals surface area contributed by atoms with Crippen molar-refractivity contribution < 1.29 is 23.9 Å². The lowest BCUT2D eigenvalue weighted by Gasteiger charge is -2.20. The number of aromatic nitrogens is 2. The number of fused-ring (bicyclic) bond motifs is 1. The van der Waals surface area contributed by atoms with Crippen LogP contribution in [0.2, 0.25) is 0 Å². The van der Waals surface area contributed by atoms with Crippen LogP contribution < -0.4 is 10.9 Å². The molecule has 0 saturated carbocycles. The van der Waals surface area contributed by atoms with Crippen LogP contribution in [-0.2, 0) is 33.7 Å². The molecule has 1 aliphatic rings. The topological polar surface area (TPSA) is 117 Å². The number of carbonyl (C=O) groups is 3. The van der Waals surface area contributed by atoms with E-state index in [4.69, 9.17) is 9.47 Å². The Hall–Kier alpha value is -4.27. The lowest BCUT2D eigenvalue weighted by molar-refractivity contribution is -0.117. The van der Waals surface area contributed by atoms with Gasteiger partial charge in [0, 0.05) is 16.8 Å². The van der Waals surface area contributed by atoms with Crippen LogP contribution in [0.4, 0.5) is 5.69 Å². The van der Waals surface area contributed by atoms with Crippen LogP contribution in [0.5, 0.6) is 0 Å². The number of benzene rings is 2. The summed E-state index contributed by atoms with van der Waals surface area (Å²) in [5, 5.41) is 7.23. The predicted octanol–water partition coefficient (Wildman–Crippen LogP) is 3.31. The van der Waals surface area contributed by atoms with Crippen molar-refractivity contribution in [3.63, 3.8) is 0 Å². The average molecular weight is 490 g/mol. The van der Waals surface area contributed by atoms with Gasteiger partial charge in [-0.1, -0.05) is 29.8 Å². The third kappa shape index (κ3) is 5.19. The highest BCUT2D eigenvalue weighted by atomic mass is 16.5. The summed E-state index contributed by atoms with van der Waals surface area (Å²) < 4.78 is 10.6. The van der Waals surface area contributed by atoms with Crippen LogP contribution >= 0.6 is 0 Å². The van der Waals surface area contributed by atoms with Crippen LogP contribution in [0.15, 0.2) is 47.3 Å². The largest absolute Gasteiger partial charge is 0.465 e. The smallest absolute Gasteiger partial charge is 0.337 e. The van der Waals surface area contributed by atoms with E-state index in [-0.39, 0.29) is 28.9 Å². The highest BCUT2D eigenvalue weighted by molar-refractivity contribution is 5.99. The molecule has 0 spiro atoms. The molecule has 0 bridgehead atoms. The third-order valence-corrected chi connectivity index (χ3v) is 6.14. The van der Waals surface area contributed by atoms with Gasteiger partial charge in [-0.3, -0.25) is 9.59 Å². The maximum Gasteiger partial charge on any atom is 0.337 e. The zero-order valence-corrected chi connectivity index (χ0v) is 20.4. The Bertz CT molecular complexity index is 1360. The van der Waals surface area contributed by atoms with Gasteiger partial charge in [-0.15, -0.1) is 0 Å². The monoisotopic (exact) mass is 489 g/mol. The number of ether oxygens (including phenoxy) is 2. The molecule has 1 N–H and O–H groups in total. The molecule has 1 heterocycles. The first-order valence-corrected chi connectivity index (χ1v) is 11.6. The summed E-state index contributed by atoms with van der Waals surface area (Å²) in [6, 6.07) is 12.0. The van der Waals surface area contributed by atoms with Crippen molar-refractivity contribution in [1.29, 1.82) is 0 Å². The van der Waals surface area contributed by atoms with Crippen molar-refractivity contribution in [2.75, 3.05) is 19.5 Å². The fraction of sp³-hybridized carbons (Fsp3) is 0.296. The van der Waals surface area contributed by atoms with Gasteiger partial charge in [0.25, 0.3) is 5.56 Å². The molecule has 0 atom stereocenters. The highest BCUT2D eigenvalue weighted by Crippen LogP contribution is 2.28. The van der Waals surface area contributed by atoms with E-state index in [0.717, 1.165) is 36.0 Å². The number of anilines is 1. The molecule has 36 heavy (non-hydrogen) atoms. The van der Waals surface area contributed by atoms with Gasteiger partial charge in [0.2, 0.25) is 5.91 Å². The summed E-state index contributed by atoms with van der Waals surface area (Å²) in [5.41, 5.74) is 4.39. The first-order chi connectivity index (χ1) is 17.3. The standard InChI is InChI=1S/C27H27N3O6/c1-16-8-10-17(11-9-16)24-21-6-4-5-7-22(21)25(32)30(29-24)15-23(31)28-20-13-18(26(33)35-2)12-19(14-20)27(34)36-3/h8-14H,4-7,15H2,1-3H3,(H,28,31). The lowest BCUT2D eigenvalue weighted by Crippen LogP contribution is -2.34. The number of amides is 1. The molecule has 0 unspecified atom stereocenters. The zero-order valence-electron chi connectivity index (χ0n) is 20.4. The van der Waals surface area contributed by atoms with Crippen molar-refractivity contribution in [2.45, 2.75) is 39.2 Å². The Kier molecular flexibility index (Phi) is 7.28. The molecule has 0 radical (unpaired) electrons. The summed E-state index contributed by atoms with van der Waals surface area (Å²) >= 11 is 0. The van der Waals surface area contributed by atoms with Crippen molar-refractivity contribution in [3.05, 3.63) is 80.6 Å². The molecule has 1 aliphatic carbocycles. The minimum Gasteiger partial charge on any atom is -0.465 e. The van der Waals surface area contributed by atoms with Crippen molar-refractivity contribution in [2.24, 2.45) is 0 Å². The maximum atomic E-state index is 13.2. The van der Waals surface area contributed by atoms with Crippen molar-refractivity contribution in [3.8, 4) is 11.3 Å². The minimum atomic E-state index is -0.674. The van der Waals surface area contributed by atoms with Gasteiger partial charge in [-0.25, -0.2) is 14.3 Å². The first-order valence-electron chi connectivity index (χ1n) is 11.6. The van der Waals surface area contributed by atoms with Gasteiger partial charge < -0.3 is 14.8 Å².